The molecule has 0 saturated heterocycles. The van der Waals surface area contributed by atoms with Gasteiger partial charge >= 0.3 is 0 Å². The molecule has 1 aromatic carbocycles. The summed E-state index contributed by atoms with van der Waals surface area (Å²) in [7, 11) is 0. The molecule has 0 atom stereocenters. The van der Waals surface area contributed by atoms with E-state index in [4.69, 9.17) is 0 Å². The van der Waals surface area contributed by atoms with Gasteiger partial charge in [0.05, 0.1) is 0 Å². The maximum atomic E-state index is 3.33. The number of benzene rings is 1. The monoisotopic (exact) mass is 235 g/mol. The molecule has 1 nitrogen and oxygen atoms in total. The van der Waals surface area contributed by atoms with Crippen molar-refractivity contribution in [1.82, 2.24) is 4.98 Å². The zero-order valence-electron chi connectivity index (χ0n) is 12.8. The van der Waals surface area contributed by atoms with Crippen molar-refractivity contribution in [3.8, 4) is 0 Å². The van der Waals surface area contributed by atoms with Crippen molar-refractivity contribution in [3.63, 3.8) is 0 Å². The van der Waals surface area contributed by atoms with Crippen molar-refractivity contribution in [3.05, 3.63) is 35.5 Å². The maximum Gasteiger partial charge on any atom is 0.0485 e. The van der Waals surface area contributed by atoms with Gasteiger partial charge in [0.15, 0.2) is 0 Å². The molecule has 1 N–H and O–H groups in total. The number of hydrogen-bond donors (Lipinski definition) is 1. The Morgan fingerprint density at radius 2 is 1.35 bits per heavy atom. The molecule has 0 aliphatic rings. The van der Waals surface area contributed by atoms with E-state index in [1.165, 1.54) is 22.2 Å². The van der Waals surface area contributed by atoms with Gasteiger partial charge in [0.1, 0.15) is 0 Å². The van der Waals surface area contributed by atoms with Crippen LogP contribution in [0.3, 0.4) is 0 Å². The number of H-pyrrole nitrogens is 1. The number of aromatic amines is 1. The van der Waals surface area contributed by atoms with Crippen LogP contribution in [-0.2, 0) is 0 Å². The van der Waals surface area contributed by atoms with Crippen LogP contribution in [0.5, 0.6) is 0 Å². The summed E-state index contributed by atoms with van der Waals surface area (Å²) in [5.41, 5.74) is 3.81. The second-order valence-corrected chi connectivity index (χ2v) is 2.99. The zero-order valence-corrected chi connectivity index (χ0v) is 12.8. The standard InChI is InChI=1S/C10H11N.3C2H6/c1-7-4-3-5-9-6-8(2)11-10(7)9;3*1-2/h3-6,11H,1-2H3;3*1-2H3. The van der Waals surface area contributed by atoms with E-state index < -0.39 is 0 Å². The van der Waals surface area contributed by atoms with Crippen molar-refractivity contribution in [2.45, 2.75) is 55.4 Å². The van der Waals surface area contributed by atoms with Crippen LogP contribution in [0.25, 0.3) is 10.9 Å². The third kappa shape index (κ3) is 5.58. The highest BCUT2D eigenvalue weighted by molar-refractivity contribution is 5.83. The lowest BCUT2D eigenvalue weighted by Gasteiger charge is -1.92. The summed E-state index contributed by atoms with van der Waals surface area (Å²) in [4.78, 5) is 3.33. The lowest BCUT2D eigenvalue weighted by Crippen LogP contribution is -1.74. The van der Waals surface area contributed by atoms with Gasteiger partial charge in [0, 0.05) is 11.2 Å². The second-order valence-electron chi connectivity index (χ2n) is 2.99. The zero-order chi connectivity index (χ0) is 13.8. The fourth-order valence-corrected chi connectivity index (χ4v) is 1.45. The minimum absolute atomic E-state index is 1.23. The van der Waals surface area contributed by atoms with Crippen LogP contribution in [0.4, 0.5) is 0 Å². The number of rotatable bonds is 0. The number of aromatic nitrogens is 1. The second kappa shape index (κ2) is 11.3. The molecule has 0 saturated carbocycles. The van der Waals surface area contributed by atoms with E-state index in [1.807, 2.05) is 41.5 Å². The van der Waals surface area contributed by atoms with E-state index in [9.17, 15) is 0 Å². The largest absolute Gasteiger partial charge is 0.358 e. The lowest BCUT2D eigenvalue weighted by molar-refractivity contribution is 1.29. The third-order valence-corrected chi connectivity index (χ3v) is 2.00. The molecule has 0 amide bonds. The van der Waals surface area contributed by atoms with Crippen molar-refractivity contribution < 1.29 is 0 Å². The van der Waals surface area contributed by atoms with Crippen molar-refractivity contribution in [1.29, 1.82) is 0 Å². The first kappa shape index (κ1) is 18.1. The molecule has 0 unspecified atom stereocenters. The van der Waals surface area contributed by atoms with Gasteiger partial charge in [-0.25, -0.2) is 0 Å². The number of aryl methyl sites for hydroxylation is 2. The van der Waals surface area contributed by atoms with Crippen LogP contribution < -0.4 is 0 Å². The average molecular weight is 235 g/mol. The van der Waals surface area contributed by atoms with E-state index in [1.54, 1.807) is 0 Å². The van der Waals surface area contributed by atoms with Crippen LogP contribution in [0, 0.1) is 13.8 Å². The highest BCUT2D eigenvalue weighted by atomic mass is 14.7. The molecule has 98 valence electrons. The van der Waals surface area contributed by atoms with E-state index in [-0.39, 0.29) is 0 Å². The van der Waals surface area contributed by atoms with Crippen molar-refractivity contribution >= 4 is 10.9 Å². The van der Waals surface area contributed by atoms with Gasteiger partial charge in [0.25, 0.3) is 0 Å². The quantitative estimate of drug-likeness (QED) is 0.588. The molecule has 0 spiro atoms. The molecule has 1 heteroatoms. The average Bonchev–Trinajstić information content (AvgIpc) is 2.79. The number of nitrogens with one attached hydrogen (secondary N) is 1. The first-order chi connectivity index (χ1) is 8.27. The summed E-state index contributed by atoms with van der Waals surface area (Å²) in [5.74, 6) is 0. The van der Waals surface area contributed by atoms with E-state index >= 15 is 0 Å². The van der Waals surface area contributed by atoms with Gasteiger partial charge in [-0.15, -0.1) is 0 Å². The number of fused-ring (bicyclic) bond motifs is 1. The molecule has 1 heterocycles. The Hall–Kier alpha value is -1.24. The maximum absolute atomic E-state index is 3.33. The van der Waals surface area contributed by atoms with Gasteiger partial charge in [-0.1, -0.05) is 59.7 Å². The predicted molar refractivity (Wildman–Crippen MR) is 81.8 cm³/mol. The fraction of sp³-hybridized carbons (Fsp3) is 0.500. The van der Waals surface area contributed by atoms with Gasteiger partial charge in [-0.2, -0.15) is 0 Å². The third-order valence-electron chi connectivity index (χ3n) is 2.00. The van der Waals surface area contributed by atoms with Crippen molar-refractivity contribution in [2.75, 3.05) is 0 Å². The SMILES string of the molecule is CC.CC.CC.Cc1cc2cccc(C)c2[nH]1. The van der Waals surface area contributed by atoms with Crippen LogP contribution in [0.2, 0.25) is 0 Å². The molecule has 0 radical (unpaired) electrons. The fourth-order valence-electron chi connectivity index (χ4n) is 1.45. The van der Waals surface area contributed by atoms with Gasteiger partial charge < -0.3 is 4.98 Å². The minimum Gasteiger partial charge on any atom is -0.358 e. The topological polar surface area (TPSA) is 15.8 Å². The summed E-state index contributed by atoms with van der Waals surface area (Å²) < 4.78 is 0. The Kier molecular flexibility index (Phi) is 12.0. The molecular formula is C16H29N. The molecular weight excluding hydrogens is 206 g/mol. The van der Waals surface area contributed by atoms with E-state index in [0.29, 0.717) is 0 Å². The number of hydrogen-bond acceptors (Lipinski definition) is 0. The van der Waals surface area contributed by atoms with E-state index in [0.717, 1.165) is 0 Å². The molecule has 2 rings (SSSR count). The van der Waals surface area contributed by atoms with E-state index in [2.05, 4.69) is 43.1 Å². The molecule has 0 aliphatic heterocycles. The van der Waals surface area contributed by atoms with Crippen LogP contribution in [-0.4, -0.2) is 4.98 Å². The minimum atomic E-state index is 1.23. The summed E-state index contributed by atoms with van der Waals surface area (Å²) in [6.45, 7) is 16.2. The molecule has 17 heavy (non-hydrogen) atoms. The summed E-state index contributed by atoms with van der Waals surface area (Å²) in [5, 5.41) is 1.31. The molecule has 1 aromatic heterocycles. The van der Waals surface area contributed by atoms with Crippen LogP contribution in [0.15, 0.2) is 24.3 Å². The van der Waals surface area contributed by atoms with Crippen LogP contribution in [0.1, 0.15) is 52.8 Å². The Labute approximate surface area is 107 Å². The predicted octanol–water partition coefficient (Wildman–Crippen LogP) is 5.86. The first-order valence-electron chi connectivity index (χ1n) is 6.82. The Bertz CT molecular complexity index is 385. The molecule has 0 aliphatic carbocycles. The van der Waals surface area contributed by atoms with Gasteiger partial charge in [-0.05, 0) is 30.9 Å². The van der Waals surface area contributed by atoms with Crippen LogP contribution >= 0.6 is 0 Å². The highest BCUT2D eigenvalue weighted by Crippen LogP contribution is 2.17. The summed E-state index contributed by atoms with van der Waals surface area (Å²) >= 11 is 0. The van der Waals surface area contributed by atoms with Gasteiger partial charge in [0.2, 0.25) is 0 Å². The Morgan fingerprint density at radius 3 is 1.82 bits per heavy atom. The van der Waals surface area contributed by atoms with Crippen molar-refractivity contribution in [2.24, 2.45) is 0 Å². The van der Waals surface area contributed by atoms with Gasteiger partial charge in [-0.3, -0.25) is 0 Å². The molecule has 0 fully saturated rings. The summed E-state index contributed by atoms with van der Waals surface area (Å²) in [6.07, 6.45) is 0. The highest BCUT2D eigenvalue weighted by Gasteiger charge is 1.97. The number of para-hydroxylation sites is 1. The summed E-state index contributed by atoms with van der Waals surface area (Å²) in [6, 6.07) is 8.51. The normalized spacial score (nSPS) is 8.00. The Morgan fingerprint density at radius 1 is 0.824 bits per heavy atom. The lowest BCUT2D eigenvalue weighted by atomic mass is 10.2. The molecule has 0 bridgehead atoms. The smallest absolute Gasteiger partial charge is 0.0485 e. The first-order valence-corrected chi connectivity index (χ1v) is 6.82. The molecule has 2 aromatic rings. The Balaban J connectivity index is 0.